The van der Waals surface area contributed by atoms with Crippen molar-refractivity contribution < 1.29 is 19.7 Å². The third-order valence-electron chi connectivity index (χ3n) is 2.89. The summed E-state index contributed by atoms with van der Waals surface area (Å²) in [7, 11) is 0. The molecule has 4 heteroatoms. The second-order valence-electron chi connectivity index (χ2n) is 3.55. The predicted molar refractivity (Wildman–Crippen MR) is 39.2 cm³/mol. The first-order chi connectivity index (χ1) is 5.72. The Balaban J connectivity index is 2.11. The molecule has 4 nitrogen and oxygen atoms in total. The van der Waals surface area contributed by atoms with Crippen LogP contribution in [-0.2, 0) is 9.53 Å². The van der Waals surface area contributed by atoms with E-state index in [2.05, 4.69) is 0 Å². The molecule has 1 heterocycles. The maximum atomic E-state index is 10.8. The van der Waals surface area contributed by atoms with Gasteiger partial charge in [0.2, 0.25) is 0 Å². The van der Waals surface area contributed by atoms with E-state index in [4.69, 9.17) is 9.84 Å². The van der Waals surface area contributed by atoms with E-state index in [0.717, 1.165) is 0 Å². The SMILES string of the molecule is O=C1C[C@@H]2[C@@H](CO)[C@H](O)C[C@H]2O1. The molecule has 1 aliphatic carbocycles. The number of esters is 1. The fourth-order valence-corrected chi connectivity index (χ4v) is 2.23. The number of aliphatic hydroxyl groups is 2. The molecule has 0 aromatic rings. The highest BCUT2D eigenvalue weighted by molar-refractivity contribution is 5.72. The predicted octanol–water partition coefficient (Wildman–Crippen LogP) is -0.709. The molecule has 0 aromatic carbocycles. The Bertz CT molecular complexity index is 203. The maximum absolute atomic E-state index is 10.8. The Morgan fingerprint density at radius 1 is 1.58 bits per heavy atom. The third-order valence-corrected chi connectivity index (χ3v) is 2.89. The summed E-state index contributed by atoms with van der Waals surface area (Å²) in [6.07, 6.45) is 0.192. The molecule has 0 aromatic heterocycles. The highest BCUT2D eigenvalue weighted by Crippen LogP contribution is 2.40. The lowest BCUT2D eigenvalue weighted by molar-refractivity contribution is -0.141. The monoisotopic (exact) mass is 172 g/mol. The van der Waals surface area contributed by atoms with Gasteiger partial charge in [-0.15, -0.1) is 0 Å². The number of fused-ring (bicyclic) bond motifs is 1. The van der Waals surface area contributed by atoms with Crippen LogP contribution in [-0.4, -0.2) is 35.0 Å². The summed E-state index contributed by atoms with van der Waals surface area (Å²) < 4.78 is 4.98. The van der Waals surface area contributed by atoms with Crippen LogP contribution < -0.4 is 0 Å². The molecule has 0 spiro atoms. The van der Waals surface area contributed by atoms with Gasteiger partial charge in [0.25, 0.3) is 0 Å². The van der Waals surface area contributed by atoms with Crippen molar-refractivity contribution in [1.82, 2.24) is 0 Å². The molecule has 2 rings (SSSR count). The van der Waals surface area contributed by atoms with Gasteiger partial charge in [0.15, 0.2) is 0 Å². The third kappa shape index (κ3) is 1.03. The van der Waals surface area contributed by atoms with Crippen molar-refractivity contribution in [3.8, 4) is 0 Å². The highest BCUT2D eigenvalue weighted by Gasteiger charge is 2.49. The minimum absolute atomic E-state index is 0.0394. The molecule has 1 aliphatic heterocycles. The van der Waals surface area contributed by atoms with Crippen LogP contribution >= 0.6 is 0 Å². The second kappa shape index (κ2) is 2.71. The number of ether oxygens (including phenoxy) is 1. The maximum Gasteiger partial charge on any atom is 0.306 e. The Kier molecular flexibility index (Phi) is 1.81. The first-order valence-corrected chi connectivity index (χ1v) is 4.20. The zero-order chi connectivity index (χ0) is 8.72. The lowest BCUT2D eigenvalue weighted by Gasteiger charge is -2.14. The first-order valence-electron chi connectivity index (χ1n) is 4.20. The van der Waals surface area contributed by atoms with Crippen molar-refractivity contribution in [1.29, 1.82) is 0 Å². The summed E-state index contributed by atoms with van der Waals surface area (Å²) >= 11 is 0. The fourth-order valence-electron chi connectivity index (χ4n) is 2.23. The molecule has 0 radical (unpaired) electrons. The van der Waals surface area contributed by atoms with Crippen LogP contribution in [0.5, 0.6) is 0 Å². The minimum Gasteiger partial charge on any atom is -0.462 e. The van der Waals surface area contributed by atoms with E-state index in [1.54, 1.807) is 0 Å². The van der Waals surface area contributed by atoms with Crippen molar-refractivity contribution in [3.63, 3.8) is 0 Å². The van der Waals surface area contributed by atoms with E-state index in [1.165, 1.54) is 0 Å². The van der Waals surface area contributed by atoms with Gasteiger partial charge in [0, 0.05) is 24.9 Å². The van der Waals surface area contributed by atoms with Gasteiger partial charge in [0.1, 0.15) is 6.10 Å². The van der Waals surface area contributed by atoms with Crippen LogP contribution in [0.25, 0.3) is 0 Å². The smallest absolute Gasteiger partial charge is 0.306 e. The molecular weight excluding hydrogens is 160 g/mol. The Labute approximate surface area is 70.1 Å². The lowest BCUT2D eigenvalue weighted by Crippen LogP contribution is -2.23. The molecule has 68 valence electrons. The normalized spacial score (nSPS) is 46.0. The zero-order valence-corrected chi connectivity index (χ0v) is 6.64. The van der Waals surface area contributed by atoms with Crippen molar-refractivity contribution in [3.05, 3.63) is 0 Å². The summed E-state index contributed by atoms with van der Waals surface area (Å²) in [4.78, 5) is 10.8. The van der Waals surface area contributed by atoms with E-state index < -0.39 is 6.10 Å². The molecule has 2 aliphatic rings. The average Bonchev–Trinajstić information content (AvgIpc) is 2.43. The van der Waals surface area contributed by atoms with Crippen LogP contribution in [0.4, 0.5) is 0 Å². The number of hydrogen-bond acceptors (Lipinski definition) is 4. The van der Waals surface area contributed by atoms with Crippen molar-refractivity contribution in [2.24, 2.45) is 11.8 Å². The number of hydrogen-bond donors (Lipinski definition) is 2. The standard InChI is InChI=1S/C8H12O4/c9-3-5-4-1-8(11)12-7(4)2-6(5)10/h4-7,9-10H,1-3H2/t4-,5-,6-,7-/m1/s1. The van der Waals surface area contributed by atoms with Crippen LogP contribution in [0.3, 0.4) is 0 Å². The molecule has 0 amide bonds. The molecule has 1 saturated heterocycles. The largest absolute Gasteiger partial charge is 0.462 e. The number of aliphatic hydroxyl groups excluding tert-OH is 2. The van der Waals surface area contributed by atoms with Crippen LogP contribution in [0.15, 0.2) is 0 Å². The molecule has 2 fully saturated rings. The summed E-state index contributed by atoms with van der Waals surface area (Å²) in [6.45, 7) is -0.0566. The number of carbonyl (C=O) groups is 1. The van der Waals surface area contributed by atoms with E-state index >= 15 is 0 Å². The van der Waals surface area contributed by atoms with Gasteiger partial charge in [-0.2, -0.15) is 0 Å². The summed E-state index contributed by atoms with van der Waals surface area (Å²) in [5.74, 6) is -0.325. The molecule has 1 saturated carbocycles. The van der Waals surface area contributed by atoms with Crippen LogP contribution in [0.2, 0.25) is 0 Å². The Morgan fingerprint density at radius 2 is 2.33 bits per heavy atom. The van der Waals surface area contributed by atoms with Gasteiger partial charge in [-0.1, -0.05) is 0 Å². The Morgan fingerprint density at radius 3 is 3.00 bits per heavy atom. The van der Waals surface area contributed by atoms with Crippen molar-refractivity contribution in [2.45, 2.75) is 25.0 Å². The number of carbonyl (C=O) groups excluding carboxylic acids is 1. The van der Waals surface area contributed by atoms with Gasteiger partial charge < -0.3 is 14.9 Å². The van der Waals surface area contributed by atoms with Crippen molar-refractivity contribution in [2.75, 3.05) is 6.61 Å². The lowest BCUT2D eigenvalue weighted by atomic mass is 9.93. The van der Waals surface area contributed by atoms with E-state index in [-0.39, 0.29) is 30.5 Å². The molecule has 2 N–H and O–H groups in total. The quantitative estimate of drug-likeness (QED) is 0.513. The summed E-state index contributed by atoms with van der Waals surface area (Å²) in [5, 5.41) is 18.4. The molecule has 0 unspecified atom stereocenters. The van der Waals surface area contributed by atoms with Gasteiger partial charge in [-0.25, -0.2) is 0 Å². The summed E-state index contributed by atoms with van der Waals surface area (Å²) in [6, 6.07) is 0. The van der Waals surface area contributed by atoms with Gasteiger partial charge in [-0.3, -0.25) is 4.79 Å². The summed E-state index contributed by atoms with van der Waals surface area (Å²) in [5.41, 5.74) is 0. The van der Waals surface area contributed by atoms with E-state index in [1.807, 2.05) is 0 Å². The van der Waals surface area contributed by atoms with Crippen molar-refractivity contribution >= 4 is 5.97 Å². The highest BCUT2D eigenvalue weighted by atomic mass is 16.6. The van der Waals surface area contributed by atoms with E-state index in [0.29, 0.717) is 12.8 Å². The van der Waals surface area contributed by atoms with Crippen LogP contribution in [0, 0.1) is 11.8 Å². The average molecular weight is 172 g/mol. The first kappa shape index (κ1) is 8.01. The second-order valence-corrected chi connectivity index (χ2v) is 3.55. The Hall–Kier alpha value is -0.610. The topological polar surface area (TPSA) is 66.8 Å². The number of rotatable bonds is 1. The minimum atomic E-state index is -0.502. The zero-order valence-electron chi connectivity index (χ0n) is 6.64. The molecule has 12 heavy (non-hydrogen) atoms. The fraction of sp³-hybridized carbons (Fsp3) is 0.875. The molecule has 4 atom stereocenters. The van der Waals surface area contributed by atoms with E-state index in [9.17, 15) is 9.90 Å². The van der Waals surface area contributed by atoms with Gasteiger partial charge in [-0.05, 0) is 0 Å². The van der Waals surface area contributed by atoms with Gasteiger partial charge >= 0.3 is 5.97 Å². The molecular formula is C8H12O4. The van der Waals surface area contributed by atoms with Crippen LogP contribution in [0.1, 0.15) is 12.8 Å². The molecule has 0 bridgehead atoms. The van der Waals surface area contributed by atoms with Gasteiger partial charge in [0.05, 0.1) is 12.5 Å².